The lowest BCUT2D eigenvalue weighted by molar-refractivity contribution is -0.213. The molecule has 3 fully saturated rings. The Labute approximate surface area is 256 Å². The molecule has 0 radical (unpaired) electrons. The molecule has 4 aliphatic rings. The van der Waals surface area contributed by atoms with Gasteiger partial charge in [0.25, 0.3) is 0 Å². The molecule has 1 unspecified atom stereocenters. The van der Waals surface area contributed by atoms with Gasteiger partial charge in [0.1, 0.15) is 17.8 Å². The van der Waals surface area contributed by atoms with Crippen molar-refractivity contribution >= 4 is 17.5 Å². The fourth-order valence-corrected chi connectivity index (χ4v) is 8.96. The molecular weight excluding hydrogens is 578 g/mol. The maximum Gasteiger partial charge on any atom is 0.303 e. The Bertz CT molecular complexity index is 1360. The number of aliphatic hydroxyl groups excluding tert-OH is 1. The monoisotopic (exact) mass is 621 g/mol. The second-order valence-corrected chi connectivity index (χ2v) is 13.1. The predicted molar refractivity (Wildman–Crippen MR) is 157 cm³/mol. The number of hydrogen-bond acceptors (Lipinski definition) is 6. The van der Waals surface area contributed by atoms with E-state index in [0.29, 0.717) is 12.0 Å². The summed E-state index contributed by atoms with van der Waals surface area (Å²) < 4.78 is 66.2. The van der Waals surface area contributed by atoms with Gasteiger partial charge in [0.15, 0.2) is 23.8 Å². The third-order valence-corrected chi connectivity index (χ3v) is 10.8. The molecule has 4 aliphatic carbocycles. The number of fused-ring (bicyclic) bond motifs is 5. The fourth-order valence-electron chi connectivity index (χ4n) is 8.96. The largest absolute Gasteiger partial charge is 0.458 e. The van der Waals surface area contributed by atoms with Gasteiger partial charge in [0, 0.05) is 37.4 Å². The molecule has 8 atom stereocenters. The fraction of sp³-hybridized carbons (Fsp3) is 0.618. The summed E-state index contributed by atoms with van der Waals surface area (Å²) in [5.41, 5.74) is -5.73. The minimum atomic E-state index is -2.29. The SMILES string of the molecule is CC.CC(=O)OCC(=O)[C@@]1(CN(C)Cc2cc(F)cc(F)c2)CCC2[C@@H]3C[C@H](F)C4=CC(=O)C=C[C@]4(C)[C@@]3(F)[C@@H](O)C[C@@]21C. The zero-order valence-corrected chi connectivity index (χ0v) is 26.3. The van der Waals surface area contributed by atoms with Gasteiger partial charge in [-0.15, -0.1) is 0 Å². The van der Waals surface area contributed by atoms with E-state index in [9.17, 15) is 28.3 Å². The molecule has 44 heavy (non-hydrogen) atoms. The van der Waals surface area contributed by atoms with E-state index in [1.54, 1.807) is 11.9 Å². The third-order valence-electron chi connectivity index (χ3n) is 10.8. The summed E-state index contributed by atoms with van der Waals surface area (Å²) in [5, 5.41) is 11.7. The molecule has 10 heteroatoms. The number of rotatable bonds is 7. The highest BCUT2D eigenvalue weighted by molar-refractivity contribution is 6.01. The Kier molecular flexibility index (Phi) is 9.40. The molecule has 1 N–H and O–H groups in total. The van der Waals surface area contributed by atoms with E-state index in [-0.39, 0.29) is 37.9 Å². The molecule has 0 aromatic heterocycles. The molecule has 0 heterocycles. The summed E-state index contributed by atoms with van der Waals surface area (Å²) in [7, 11) is 1.69. The maximum absolute atomic E-state index is 17.5. The molecule has 0 saturated heterocycles. The molecule has 242 valence electrons. The van der Waals surface area contributed by atoms with Gasteiger partial charge in [-0.3, -0.25) is 14.4 Å². The van der Waals surface area contributed by atoms with Crippen LogP contribution in [-0.2, 0) is 25.7 Å². The lowest BCUT2D eigenvalue weighted by Crippen LogP contribution is -2.70. The Morgan fingerprint density at radius 2 is 1.75 bits per heavy atom. The highest BCUT2D eigenvalue weighted by atomic mass is 19.2. The van der Waals surface area contributed by atoms with Crippen molar-refractivity contribution < 1.29 is 41.8 Å². The Hall–Kier alpha value is -2.85. The number of hydrogen-bond donors (Lipinski definition) is 1. The highest BCUT2D eigenvalue weighted by Crippen LogP contribution is 2.72. The minimum Gasteiger partial charge on any atom is -0.458 e. The van der Waals surface area contributed by atoms with Crippen molar-refractivity contribution in [3.63, 3.8) is 0 Å². The van der Waals surface area contributed by atoms with Crippen molar-refractivity contribution in [1.29, 1.82) is 0 Å². The molecule has 1 aromatic carbocycles. The molecule has 0 bridgehead atoms. The van der Waals surface area contributed by atoms with E-state index in [4.69, 9.17) is 4.74 Å². The molecule has 0 amide bonds. The van der Waals surface area contributed by atoms with E-state index in [2.05, 4.69) is 0 Å². The number of carbonyl (C=O) groups excluding carboxylic acids is 3. The second kappa shape index (κ2) is 12.2. The predicted octanol–water partition coefficient (Wildman–Crippen LogP) is 5.86. The first-order valence-corrected chi connectivity index (χ1v) is 15.3. The molecular formula is C34H43F4NO5. The summed E-state index contributed by atoms with van der Waals surface area (Å²) in [6.45, 7) is 8.16. The van der Waals surface area contributed by atoms with Crippen LogP contribution in [0.4, 0.5) is 17.6 Å². The first-order valence-electron chi connectivity index (χ1n) is 15.3. The summed E-state index contributed by atoms with van der Waals surface area (Å²) in [6, 6.07) is 3.17. The Morgan fingerprint density at radius 3 is 2.36 bits per heavy atom. The van der Waals surface area contributed by atoms with Gasteiger partial charge in [-0.1, -0.05) is 26.8 Å². The van der Waals surface area contributed by atoms with E-state index >= 15 is 8.78 Å². The molecule has 0 spiro atoms. The zero-order valence-electron chi connectivity index (χ0n) is 26.3. The number of aliphatic hydroxyl groups is 1. The van der Waals surface area contributed by atoms with Crippen LogP contribution in [0.25, 0.3) is 0 Å². The van der Waals surface area contributed by atoms with Gasteiger partial charge in [0.2, 0.25) is 0 Å². The molecule has 1 aromatic rings. The number of allylic oxidation sites excluding steroid dienone is 4. The van der Waals surface area contributed by atoms with Crippen molar-refractivity contribution in [1.82, 2.24) is 4.90 Å². The number of halogens is 4. The Morgan fingerprint density at radius 1 is 1.11 bits per heavy atom. The summed E-state index contributed by atoms with van der Waals surface area (Å²) in [4.78, 5) is 39.5. The normalized spacial score (nSPS) is 37.3. The number of Topliss-reactive ketones (excluding diaryl/α,β-unsaturated/α-hetero) is 1. The van der Waals surface area contributed by atoms with E-state index < -0.39 is 81.8 Å². The molecule has 6 nitrogen and oxygen atoms in total. The summed E-state index contributed by atoms with van der Waals surface area (Å²) in [6.07, 6.45) is 0.770. The van der Waals surface area contributed by atoms with Crippen molar-refractivity contribution in [3.05, 3.63) is 59.2 Å². The summed E-state index contributed by atoms with van der Waals surface area (Å²) in [5.74, 6) is -4.44. The molecule has 5 rings (SSSR count). The number of ether oxygens (including phenoxy) is 1. The second-order valence-electron chi connectivity index (χ2n) is 13.1. The van der Waals surface area contributed by atoms with E-state index in [1.807, 2.05) is 20.8 Å². The number of nitrogens with zero attached hydrogens (tertiary/aromatic N) is 1. The van der Waals surface area contributed by atoms with E-state index in [0.717, 1.165) is 12.1 Å². The quantitative estimate of drug-likeness (QED) is 0.304. The lowest BCUT2D eigenvalue weighted by Gasteiger charge is -2.63. The van der Waals surface area contributed by atoms with Crippen LogP contribution in [0.2, 0.25) is 0 Å². The average molecular weight is 622 g/mol. The molecule has 0 aliphatic heterocycles. The Balaban J connectivity index is 0.00000216. The van der Waals surface area contributed by atoms with Crippen LogP contribution >= 0.6 is 0 Å². The number of esters is 1. The van der Waals surface area contributed by atoms with Crippen LogP contribution in [0.15, 0.2) is 42.0 Å². The average Bonchev–Trinajstić information content (AvgIpc) is 3.22. The zero-order chi connectivity index (χ0) is 32.8. The minimum absolute atomic E-state index is 0.0219. The van der Waals surface area contributed by atoms with Gasteiger partial charge in [0.05, 0.1) is 11.5 Å². The van der Waals surface area contributed by atoms with Crippen molar-refractivity contribution in [2.75, 3.05) is 20.2 Å². The van der Waals surface area contributed by atoms with Crippen LogP contribution in [0.3, 0.4) is 0 Å². The van der Waals surface area contributed by atoms with Gasteiger partial charge >= 0.3 is 5.97 Å². The van der Waals surface area contributed by atoms with Crippen molar-refractivity contribution in [2.45, 2.75) is 84.8 Å². The number of benzene rings is 1. The standard InChI is InChI=1S/C32H37F4NO5.C2H6/c1-18(38)42-16-28(41)31(17-37(4)15-19-9-20(33)11-21(34)10-19)8-6-23-24-13-26(35)25-12-22(39)5-7-29(25,2)32(24,36)27(40)14-30(23,31)3;1-2/h5,7,9-12,23-24,26-27,40H,6,8,13-17H2,1-4H3;1-2H3/t23?,24-,26-,27-,29-,30-,31-,32-;/m0./s1. The highest BCUT2D eigenvalue weighted by Gasteiger charge is 2.75. The lowest BCUT2D eigenvalue weighted by atomic mass is 9.43. The number of alkyl halides is 2. The van der Waals surface area contributed by atoms with Crippen LogP contribution in [0.5, 0.6) is 0 Å². The molecule has 3 saturated carbocycles. The first kappa shape index (κ1) is 34.0. The van der Waals surface area contributed by atoms with Gasteiger partial charge < -0.3 is 14.7 Å². The maximum atomic E-state index is 17.5. The van der Waals surface area contributed by atoms with Gasteiger partial charge in [-0.05, 0) is 86.4 Å². The van der Waals surface area contributed by atoms with Crippen LogP contribution in [0, 0.1) is 39.7 Å². The number of carbonyl (C=O) groups is 3. The number of ketones is 2. The van der Waals surface area contributed by atoms with Gasteiger partial charge in [-0.2, -0.15) is 0 Å². The van der Waals surface area contributed by atoms with Crippen molar-refractivity contribution in [3.8, 4) is 0 Å². The summed E-state index contributed by atoms with van der Waals surface area (Å²) >= 11 is 0. The first-order chi connectivity index (χ1) is 20.6. The van der Waals surface area contributed by atoms with E-state index in [1.165, 1.54) is 38.1 Å². The smallest absolute Gasteiger partial charge is 0.303 e. The van der Waals surface area contributed by atoms with Gasteiger partial charge in [-0.25, -0.2) is 17.6 Å². The third kappa shape index (κ3) is 5.25. The topological polar surface area (TPSA) is 83.9 Å². The van der Waals surface area contributed by atoms with Crippen LogP contribution < -0.4 is 0 Å². The van der Waals surface area contributed by atoms with Crippen molar-refractivity contribution in [2.24, 2.45) is 28.1 Å². The van der Waals surface area contributed by atoms with Crippen LogP contribution in [-0.4, -0.2) is 65.7 Å². The van der Waals surface area contributed by atoms with Crippen LogP contribution in [0.1, 0.15) is 65.9 Å².